The largest absolute Gasteiger partial charge is 0.481 e. The van der Waals surface area contributed by atoms with Gasteiger partial charge in [0.15, 0.2) is 0 Å². The lowest BCUT2D eigenvalue weighted by Crippen LogP contribution is -2.52. The van der Waals surface area contributed by atoms with Crippen LogP contribution in [-0.4, -0.2) is 65.3 Å². The molecule has 0 radical (unpaired) electrons. The Labute approximate surface area is 126 Å². The van der Waals surface area contributed by atoms with Crippen LogP contribution in [0.25, 0.3) is 0 Å². The fraction of sp³-hybridized carbons (Fsp3) is 0.867. The molecule has 1 fully saturated rings. The summed E-state index contributed by atoms with van der Waals surface area (Å²) >= 11 is 0. The Hall–Kier alpha value is -1.30. The number of amides is 2. The van der Waals surface area contributed by atoms with E-state index in [0.717, 1.165) is 25.7 Å². The van der Waals surface area contributed by atoms with Crippen molar-refractivity contribution in [2.75, 3.05) is 33.3 Å². The van der Waals surface area contributed by atoms with E-state index in [0.29, 0.717) is 32.5 Å². The first kappa shape index (κ1) is 17.8. The second-order valence-electron chi connectivity index (χ2n) is 5.95. The molecular weight excluding hydrogens is 272 g/mol. The van der Waals surface area contributed by atoms with Crippen molar-refractivity contribution in [3.05, 3.63) is 0 Å². The average Bonchev–Trinajstić information content (AvgIpc) is 2.50. The number of aliphatic hydroxyl groups excluding tert-OH is 1. The van der Waals surface area contributed by atoms with E-state index < -0.39 is 11.4 Å². The van der Waals surface area contributed by atoms with E-state index in [1.54, 1.807) is 16.8 Å². The molecule has 2 N–H and O–H groups in total. The normalized spacial score (nSPS) is 22.1. The summed E-state index contributed by atoms with van der Waals surface area (Å²) in [5.41, 5.74) is -0.786. The van der Waals surface area contributed by atoms with Gasteiger partial charge in [0.25, 0.3) is 0 Å². The van der Waals surface area contributed by atoms with Gasteiger partial charge < -0.3 is 20.0 Å². The average molecular weight is 300 g/mol. The zero-order valence-corrected chi connectivity index (χ0v) is 13.2. The summed E-state index contributed by atoms with van der Waals surface area (Å²) in [4.78, 5) is 27.2. The zero-order valence-electron chi connectivity index (χ0n) is 13.2. The zero-order chi connectivity index (χ0) is 15.9. The number of hydrogen-bond donors (Lipinski definition) is 2. The second kappa shape index (κ2) is 8.22. The van der Waals surface area contributed by atoms with Crippen LogP contribution < -0.4 is 0 Å². The first-order chi connectivity index (χ1) is 9.96. The van der Waals surface area contributed by atoms with Crippen molar-refractivity contribution in [3.8, 4) is 0 Å². The molecule has 0 aromatic heterocycles. The highest BCUT2D eigenvalue weighted by Gasteiger charge is 2.42. The Kier molecular flexibility index (Phi) is 6.95. The minimum Gasteiger partial charge on any atom is -0.481 e. The van der Waals surface area contributed by atoms with E-state index in [1.165, 1.54) is 0 Å². The third-order valence-corrected chi connectivity index (χ3v) is 4.46. The minimum absolute atomic E-state index is 0.0854. The molecule has 21 heavy (non-hydrogen) atoms. The summed E-state index contributed by atoms with van der Waals surface area (Å²) < 4.78 is 0. The van der Waals surface area contributed by atoms with Crippen molar-refractivity contribution < 1.29 is 19.8 Å². The van der Waals surface area contributed by atoms with Gasteiger partial charge in [-0.05, 0) is 38.5 Å². The van der Waals surface area contributed by atoms with Gasteiger partial charge in [-0.1, -0.05) is 6.92 Å². The molecule has 0 spiro atoms. The van der Waals surface area contributed by atoms with Gasteiger partial charge in [0, 0.05) is 33.3 Å². The second-order valence-corrected chi connectivity index (χ2v) is 5.95. The molecule has 1 rings (SSSR count). The lowest BCUT2D eigenvalue weighted by atomic mass is 9.78. The third-order valence-electron chi connectivity index (χ3n) is 4.46. The van der Waals surface area contributed by atoms with Crippen LogP contribution in [-0.2, 0) is 4.79 Å². The van der Waals surface area contributed by atoms with Gasteiger partial charge in [-0.25, -0.2) is 4.79 Å². The Morgan fingerprint density at radius 1 is 1.29 bits per heavy atom. The number of aliphatic carboxylic acids is 1. The smallest absolute Gasteiger partial charge is 0.319 e. The molecule has 0 bridgehead atoms. The van der Waals surface area contributed by atoms with E-state index in [1.807, 2.05) is 6.92 Å². The fourth-order valence-corrected chi connectivity index (χ4v) is 2.88. The molecule has 1 atom stereocenters. The van der Waals surface area contributed by atoms with Crippen LogP contribution in [0.3, 0.4) is 0 Å². The van der Waals surface area contributed by atoms with Gasteiger partial charge >= 0.3 is 12.0 Å². The van der Waals surface area contributed by atoms with Crippen molar-refractivity contribution in [1.29, 1.82) is 0 Å². The maximum absolute atomic E-state index is 12.4. The predicted molar refractivity (Wildman–Crippen MR) is 80.1 cm³/mol. The molecule has 2 amide bonds. The number of carboxylic acids is 1. The highest BCUT2D eigenvalue weighted by atomic mass is 16.4. The monoisotopic (exact) mass is 300 g/mol. The van der Waals surface area contributed by atoms with Crippen LogP contribution in [0.2, 0.25) is 0 Å². The molecule has 0 aliphatic carbocycles. The van der Waals surface area contributed by atoms with E-state index in [-0.39, 0.29) is 12.6 Å². The van der Waals surface area contributed by atoms with Gasteiger partial charge in [-0.3, -0.25) is 4.79 Å². The highest BCUT2D eigenvalue weighted by molar-refractivity contribution is 5.78. The Bertz CT molecular complexity index is 362. The van der Waals surface area contributed by atoms with Gasteiger partial charge in [0.05, 0.1) is 5.41 Å². The van der Waals surface area contributed by atoms with E-state index >= 15 is 0 Å². The number of carboxylic acid groups (broad SMARTS) is 1. The summed E-state index contributed by atoms with van der Waals surface area (Å²) in [6.07, 6.45) is 4.43. The standard InChI is InChI=1S/C15H28N2O4/c1-3-15(13(19)20)8-7-10-17(12-15)14(21)16(2)9-5-4-6-11-18/h18H,3-12H2,1-2H3,(H,19,20). The van der Waals surface area contributed by atoms with Crippen molar-refractivity contribution >= 4 is 12.0 Å². The summed E-state index contributed by atoms with van der Waals surface area (Å²) in [5.74, 6) is -0.798. The molecule has 0 aromatic rings. The van der Waals surface area contributed by atoms with Crippen LogP contribution in [0, 0.1) is 5.41 Å². The fourth-order valence-electron chi connectivity index (χ4n) is 2.88. The topological polar surface area (TPSA) is 81.1 Å². The number of carbonyl (C=O) groups excluding carboxylic acids is 1. The molecule has 6 heteroatoms. The quantitative estimate of drug-likeness (QED) is 0.702. The molecule has 0 aromatic carbocycles. The summed E-state index contributed by atoms with van der Waals surface area (Å²) in [7, 11) is 1.75. The number of urea groups is 1. The van der Waals surface area contributed by atoms with Gasteiger partial charge in [0.1, 0.15) is 0 Å². The van der Waals surface area contributed by atoms with Crippen LogP contribution >= 0.6 is 0 Å². The van der Waals surface area contributed by atoms with Crippen LogP contribution in [0.4, 0.5) is 4.79 Å². The lowest BCUT2D eigenvalue weighted by molar-refractivity contribution is -0.152. The van der Waals surface area contributed by atoms with Crippen LogP contribution in [0.1, 0.15) is 45.4 Å². The number of nitrogens with zero attached hydrogens (tertiary/aromatic N) is 2. The van der Waals surface area contributed by atoms with Crippen molar-refractivity contribution in [2.24, 2.45) is 5.41 Å². The van der Waals surface area contributed by atoms with E-state index in [2.05, 4.69) is 0 Å². The third kappa shape index (κ3) is 4.59. The summed E-state index contributed by atoms with van der Waals surface area (Å²) in [5, 5.41) is 18.2. The molecular formula is C15H28N2O4. The number of rotatable bonds is 7. The Morgan fingerprint density at radius 3 is 2.57 bits per heavy atom. The number of aliphatic hydroxyl groups is 1. The summed E-state index contributed by atoms with van der Waals surface area (Å²) in [6.45, 7) is 3.64. The molecule has 122 valence electrons. The van der Waals surface area contributed by atoms with Gasteiger partial charge in [0.2, 0.25) is 0 Å². The Morgan fingerprint density at radius 2 is 2.00 bits per heavy atom. The van der Waals surface area contributed by atoms with Gasteiger partial charge in [-0.2, -0.15) is 0 Å². The van der Waals surface area contributed by atoms with Crippen molar-refractivity contribution in [2.45, 2.75) is 45.4 Å². The Balaban J connectivity index is 2.55. The van der Waals surface area contributed by atoms with E-state index in [4.69, 9.17) is 5.11 Å². The van der Waals surface area contributed by atoms with Crippen molar-refractivity contribution in [1.82, 2.24) is 9.80 Å². The predicted octanol–water partition coefficient (Wildman–Crippen LogP) is 1.78. The highest BCUT2D eigenvalue weighted by Crippen LogP contribution is 2.34. The molecule has 1 aliphatic heterocycles. The number of likely N-dealkylation sites (tertiary alicyclic amines) is 1. The molecule has 0 saturated carbocycles. The number of hydrogen-bond acceptors (Lipinski definition) is 3. The minimum atomic E-state index is -0.798. The lowest BCUT2D eigenvalue weighted by Gasteiger charge is -2.40. The molecule has 1 unspecified atom stereocenters. The number of piperidine rings is 1. The first-order valence-corrected chi connectivity index (χ1v) is 7.81. The maximum atomic E-state index is 12.4. The number of unbranched alkanes of at least 4 members (excludes halogenated alkanes) is 2. The molecule has 1 aliphatic rings. The van der Waals surface area contributed by atoms with Crippen LogP contribution in [0.15, 0.2) is 0 Å². The SMILES string of the molecule is CCC1(C(=O)O)CCCN(C(=O)N(C)CCCCCO)C1. The first-order valence-electron chi connectivity index (χ1n) is 7.81. The van der Waals surface area contributed by atoms with Crippen LogP contribution in [0.5, 0.6) is 0 Å². The maximum Gasteiger partial charge on any atom is 0.319 e. The molecule has 1 heterocycles. The number of carbonyl (C=O) groups is 2. The summed E-state index contributed by atoms with van der Waals surface area (Å²) in [6, 6.07) is -0.0854. The van der Waals surface area contributed by atoms with E-state index in [9.17, 15) is 14.7 Å². The molecule has 1 saturated heterocycles. The van der Waals surface area contributed by atoms with Gasteiger partial charge in [-0.15, -0.1) is 0 Å². The molecule has 6 nitrogen and oxygen atoms in total. The van der Waals surface area contributed by atoms with Crippen molar-refractivity contribution in [3.63, 3.8) is 0 Å².